The number of halogens is 1. The molecule has 1 N–H and O–H groups in total. The summed E-state index contributed by atoms with van der Waals surface area (Å²) in [6, 6.07) is 6.83. The molecule has 1 aliphatic carbocycles. The lowest BCUT2D eigenvalue weighted by Gasteiger charge is -2.27. The van der Waals surface area contributed by atoms with E-state index in [0.717, 1.165) is 29.3 Å². The fourth-order valence-corrected chi connectivity index (χ4v) is 3.01. The van der Waals surface area contributed by atoms with Gasteiger partial charge in [0.1, 0.15) is 12.4 Å². The third-order valence-corrected chi connectivity index (χ3v) is 4.76. The number of nitrogens with one attached hydrogen (secondary N) is 1. The topological polar surface area (TPSA) is 21.3 Å². The number of rotatable bonds is 5. The average molecular weight is 326 g/mol. The Morgan fingerprint density at radius 3 is 2.95 bits per heavy atom. The average Bonchev–Trinajstić information content (AvgIpc) is 2.39. The van der Waals surface area contributed by atoms with Crippen LogP contribution >= 0.6 is 15.9 Å². The van der Waals surface area contributed by atoms with Crippen LogP contribution in [0.3, 0.4) is 0 Å². The molecule has 0 aliphatic heterocycles. The second-order valence-electron chi connectivity index (χ2n) is 5.68. The van der Waals surface area contributed by atoms with Crippen molar-refractivity contribution in [3.8, 4) is 5.75 Å². The zero-order valence-electron chi connectivity index (χ0n) is 11.9. The molecule has 3 heteroatoms. The van der Waals surface area contributed by atoms with Crippen molar-refractivity contribution in [1.29, 1.82) is 0 Å². The van der Waals surface area contributed by atoms with E-state index in [1.54, 1.807) is 0 Å². The zero-order valence-corrected chi connectivity index (χ0v) is 13.5. The Kier molecular flexibility index (Phi) is 5.71. The minimum Gasteiger partial charge on any atom is -0.492 e. The maximum atomic E-state index is 5.78. The van der Waals surface area contributed by atoms with Gasteiger partial charge >= 0.3 is 0 Å². The minimum absolute atomic E-state index is 0.694. The maximum Gasteiger partial charge on any atom is 0.119 e. The van der Waals surface area contributed by atoms with Gasteiger partial charge in [0.2, 0.25) is 0 Å². The van der Waals surface area contributed by atoms with Gasteiger partial charge in [0, 0.05) is 17.1 Å². The van der Waals surface area contributed by atoms with Crippen LogP contribution in [0.4, 0.5) is 0 Å². The molecule has 0 bridgehead atoms. The summed E-state index contributed by atoms with van der Waals surface area (Å²) in [5.74, 6) is 1.83. The van der Waals surface area contributed by atoms with Crippen LogP contribution in [-0.4, -0.2) is 19.2 Å². The van der Waals surface area contributed by atoms with E-state index in [-0.39, 0.29) is 0 Å². The van der Waals surface area contributed by atoms with E-state index >= 15 is 0 Å². The first-order chi connectivity index (χ1) is 9.15. The van der Waals surface area contributed by atoms with E-state index in [1.165, 1.54) is 31.2 Å². The van der Waals surface area contributed by atoms with Crippen LogP contribution in [0.25, 0.3) is 0 Å². The fourth-order valence-electron chi connectivity index (χ4n) is 2.76. The monoisotopic (exact) mass is 325 g/mol. The van der Waals surface area contributed by atoms with Crippen LogP contribution in [0.2, 0.25) is 0 Å². The second-order valence-corrected chi connectivity index (χ2v) is 6.54. The Morgan fingerprint density at radius 1 is 1.37 bits per heavy atom. The molecule has 1 saturated carbocycles. The molecule has 0 spiro atoms. The molecule has 0 aromatic heterocycles. The van der Waals surface area contributed by atoms with Gasteiger partial charge in [-0.15, -0.1) is 0 Å². The molecule has 0 heterocycles. The van der Waals surface area contributed by atoms with Gasteiger partial charge in [0.05, 0.1) is 0 Å². The Morgan fingerprint density at radius 2 is 2.21 bits per heavy atom. The predicted octanol–water partition coefficient (Wildman–Crippen LogP) is 4.30. The largest absolute Gasteiger partial charge is 0.492 e. The van der Waals surface area contributed by atoms with Gasteiger partial charge in [-0.3, -0.25) is 0 Å². The first kappa shape index (κ1) is 14.9. The highest BCUT2D eigenvalue weighted by molar-refractivity contribution is 9.10. The third-order valence-electron chi connectivity index (χ3n) is 3.87. The summed E-state index contributed by atoms with van der Waals surface area (Å²) >= 11 is 3.50. The van der Waals surface area contributed by atoms with Crippen LogP contribution < -0.4 is 10.1 Å². The Balaban J connectivity index is 1.67. The quantitative estimate of drug-likeness (QED) is 0.815. The summed E-state index contributed by atoms with van der Waals surface area (Å²) in [7, 11) is 0. The number of aryl methyl sites for hydroxylation is 1. The highest BCUT2D eigenvalue weighted by atomic mass is 79.9. The Bertz CT molecular complexity index is 408. The summed E-state index contributed by atoms with van der Waals surface area (Å²) in [5.41, 5.74) is 1.21. The number of ether oxygens (including phenoxy) is 1. The van der Waals surface area contributed by atoms with Crippen molar-refractivity contribution in [2.75, 3.05) is 13.2 Å². The van der Waals surface area contributed by atoms with Crippen LogP contribution in [0.1, 0.15) is 38.2 Å². The molecule has 1 aromatic carbocycles. The lowest BCUT2D eigenvalue weighted by Crippen LogP contribution is -2.36. The van der Waals surface area contributed by atoms with Crippen LogP contribution in [0, 0.1) is 12.8 Å². The molecule has 0 radical (unpaired) electrons. The van der Waals surface area contributed by atoms with E-state index < -0.39 is 0 Å². The van der Waals surface area contributed by atoms with E-state index in [2.05, 4.69) is 41.2 Å². The SMILES string of the molecule is Cc1cc(OCCNC2CCCC(C)C2)ccc1Br. The van der Waals surface area contributed by atoms with Crippen molar-refractivity contribution in [3.63, 3.8) is 0 Å². The molecule has 1 aliphatic rings. The van der Waals surface area contributed by atoms with Crippen LogP contribution in [0.5, 0.6) is 5.75 Å². The van der Waals surface area contributed by atoms with E-state index in [4.69, 9.17) is 4.74 Å². The highest BCUT2D eigenvalue weighted by Crippen LogP contribution is 2.23. The third kappa shape index (κ3) is 4.81. The van der Waals surface area contributed by atoms with Gasteiger partial charge < -0.3 is 10.1 Å². The van der Waals surface area contributed by atoms with E-state index in [1.807, 2.05) is 12.1 Å². The van der Waals surface area contributed by atoms with Gasteiger partial charge in [-0.05, 0) is 49.4 Å². The van der Waals surface area contributed by atoms with E-state index in [9.17, 15) is 0 Å². The predicted molar refractivity (Wildman–Crippen MR) is 83.8 cm³/mol. The molecule has 2 rings (SSSR count). The van der Waals surface area contributed by atoms with Crippen molar-refractivity contribution in [3.05, 3.63) is 28.2 Å². The number of benzene rings is 1. The first-order valence-corrected chi connectivity index (χ1v) is 8.07. The van der Waals surface area contributed by atoms with E-state index in [0.29, 0.717) is 6.04 Å². The second kappa shape index (κ2) is 7.30. The number of hydrogen-bond donors (Lipinski definition) is 1. The molecule has 0 saturated heterocycles. The van der Waals surface area contributed by atoms with Gasteiger partial charge in [0.25, 0.3) is 0 Å². The smallest absolute Gasteiger partial charge is 0.119 e. The van der Waals surface area contributed by atoms with Crippen LogP contribution in [0.15, 0.2) is 22.7 Å². The summed E-state index contributed by atoms with van der Waals surface area (Å²) in [4.78, 5) is 0. The zero-order chi connectivity index (χ0) is 13.7. The lowest BCUT2D eigenvalue weighted by molar-refractivity contribution is 0.266. The van der Waals surface area contributed by atoms with Crippen molar-refractivity contribution >= 4 is 15.9 Å². The highest BCUT2D eigenvalue weighted by Gasteiger charge is 2.17. The van der Waals surface area contributed by atoms with Crippen molar-refractivity contribution < 1.29 is 4.74 Å². The minimum atomic E-state index is 0.694. The maximum absolute atomic E-state index is 5.78. The molecule has 1 aromatic rings. The Hall–Kier alpha value is -0.540. The summed E-state index contributed by atoms with van der Waals surface area (Å²) in [6.07, 6.45) is 5.40. The molecule has 2 atom stereocenters. The van der Waals surface area contributed by atoms with Gasteiger partial charge in [0.15, 0.2) is 0 Å². The Labute approximate surface area is 125 Å². The first-order valence-electron chi connectivity index (χ1n) is 7.27. The molecule has 2 nitrogen and oxygen atoms in total. The van der Waals surface area contributed by atoms with Gasteiger partial charge in [-0.1, -0.05) is 35.7 Å². The normalized spacial score (nSPS) is 23.3. The number of hydrogen-bond acceptors (Lipinski definition) is 2. The summed E-state index contributed by atoms with van der Waals surface area (Å²) in [5, 5.41) is 3.61. The fraction of sp³-hybridized carbons (Fsp3) is 0.625. The lowest BCUT2D eigenvalue weighted by atomic mass is 9.87. The van der Waals surface area contributed by atoms with Crippen LogP contribution in [-0.2, 0) is 0 Å². The molecule has 19 heavy (non-hydrogen) atoms. The molecule has 106 valence electrons. The van der Waals surface area contributed by atoms with Gasteiger partial charge in [-0.2, -0.15) is 0 Å². The van der Waals surface area contributed by atoms with Crippen molar-refractivity contribution in [2.24, 2.45) is 5.92 Å². The molecular weight excluding hydrogens is 302 g/mol. The standard InChI is InChI=1S/C16H24BrNO/c1-12-4-3-5-14(10-12)18-8-9-19-15-6-7-16(17)13(2)11-15/h6-7,11-12,14,18H,3-5,8-10H2,1-2H3. The van der Waals surface area contributed by atoms with Crippen molar-refractivity contribution in [2.45, 2.75) is 45.6 Å². The van der Waals surface area contributed by atoms with Gasteiger partial charge in [-0.25, -0.2) is 0 Å². The summed E-state index contributed by atoms with van der Waals surface area (Å²) < 4.78 is 6.91. The molecule has 0 amide bonds. The molecule has 2 unspecified atom stereocenters. The summed E-state index contributed by atoms with van der Waals surface area (Å²) in [6.45, 7) is 6.12. The molecular formula is C16H24BrNO. The van der Waals surface area contributed by atoms with Crippen molar-refractivity contribution in [1.82, 2.24) is 5.32 Å². The molecule has 1 fully saturated rings.